The van der Waals surface area contributed by atoms with Gasteiger partial charge in [0.2, 0.25) is 0 Å². The molecule has 1 aliphatic heterocycles. The zero-order chi connectivity index (χ0) is 20.4. The van der Waals surface area contributed by atoms with Crippen LogP contribution < -0.4 is 15.2 Å². The minimum atomic E-state index is -0.473. The highest BCUT2D eigenvalue weighted by Gasteiger charge is 2.29. The number of nitrogens with zero attached hydrogens (tertiary/aromatic N) is 1. The van der Waals surface area contributed by atoms with Gasteiger partial charge in [-0.05, 0) is 61.0 Å². The van der Waals surface area contributed by atoms with Crippen molar-refractivity contribution in [3.63, 3.8) is 0 Å². The summed E-state index contributed by atoms with van der Waals surface area (Å²) in [5.41, 5.74) is 2.88. The normalized spacial score (nSPS) is 16.1. The number of anilines is 1. The first-order valence-electron chi connectivity index (χ1n) is 9.75. The van der Waals surface area contributed by atoms with Crippen LogP contribution in [0.15, 0.2) is 53.3 Å². The average Bonchev–Trinajstić information content (AvgIpc) is 3.28. The maximum Gasteiger partial charge on any atom is 0.256 e. The maximum atomic E-state index is 13.2. The molecule has 0 saturated carbocycles. The predicted octanol–water partition coefficient (Wildman–Crippen LogP) is 3.56. The number of aromatic amines is 1. The van der Waals surface area contributed by atoms with Gasteiger partial charge in [0.05, 0.1) is 19.2 Å². The molecule has 0 unspecified atom stereocenters. The summed E-state index contributed by atoms with van der Waals surface area (Å²) in [4.78, 5) is 30.5. The highest BCUT2D eigenvalue weighted by molar-refractivity contribution is 5.96. The molecule has 2 heterocycles. The van der Waals surface area contributed by atoms with Crippen LogP contribution in [0.4, 0.5) is 5.69 Å². The van der Waals surface area contributed by atoms with Crippen molar-refractivity contribution in [3.8, 4) is 5.75 Å². The van der Waals surface area contributed by atoms with Crippen LogP contribution in [0.2, 0.25) is 0 Å². The van der Waals surface area contributed by atoms with Crippen LogP contribution in [0.3, 0.4) is 0 Å². The highest BCUT2D eigenvalue weighted by Crippen LogP contribution is 2.25. The molecule has 150 valence electrons. The molecule has 1 aliphatic rings. The molecule has 1 aromatic heterocycles. The summed E-state index contributed by atoms with van der Waals surface area (Å²) in [5.74, 6) is 0.577. The lowest BCUT2D eigenvalue weighted by Gasteiger charge is -2.25. The Kier molecular flexibility index (Phi) is 5.36. The Balaban J connectivity index is 1.72. The molecule has 1 atom stereocenters. The second-order valence-electron chi connectivity index (χ2n) is 7.29. The lowest BCUT2D eigenvalue weighted by molar-refractivity contribution is -0.127. The first-order valence-corrected chi connectivity index (χ1v) is 9.75. The van der Waals surface area contributed by atoms with Crippen LogP contribution in [0.25, 0.3) is 10.9 Å². The zero-order valence-electron chi connectivity index (χ0n) is 16.6. The molecule has 0 bridgehead atoms. The molecule has 6 heteroatoms. The second-order valence-corrected chi connectivity index (χ2v) is 7.29. The standard InChI is InChI=1S/C23H24N2O4/c1-15-5-3-6-16-13-17(22(26)24-21(15)16)14-25(23(27)20-7-4-12-29-20)18-8-10-19(28-2)11-9-18/h3,5-6,8-11,13,20H,4,7,12,14H2,1-2H3,(H,24,26)/t20-/m1/s1. The maximum absolute atomic E-state index is 13.2. The first-order chi connectivity index (χ1) is 14.1. The number of methoxy groups -OCH3 is 1. The largest absolute Gasteiger partial charge is 0.497 e. The minimum Gasteiger partial charge on any atom is -0.497 e. The third-order valence-electron chi connectivity index (χ3n) is 5.35. The van der Waals surface area contributed by atoms with E-state index in [0.29, 0.717) is 30.0 Å². The highest BCUT2D eigenvalue weighted by atomic mass is 16.5. The van der Waals surface area contributed by atoms with Gasteiger partial charge in [-0.25, -0.2) is 0 Å². The van der Waals surface area contributed by atoms with Crippen molar-refractivity contribution in [3.05, 3.63) is 70.0 Å². The van der Waals surface area contributed by atoms with Crippen molar-refractivity contribution in [2.24, 2.45) is 0 Å². The number of hydrogen-bond acceptors (Lipinski definition) is 4. The summed E-state index contributed by atoms with van der Waals surface area (Å²) in [6.45, 7) is 2.72. The third kappa shape index (κ3) is 3.89. The van der Waals surface area contributed by atoms with E-state index in [1.165, 1.54) is 0 Å². The quantitative estimate of drug-likeness (QED) is 0.721. The van der Waals surface area contributed by atoms with Gasteiger partial charge in [-0.3, -0.25) is 9.59 Å². The van der Waals surface area contributed by atoms with Gasteiger partial charge in [0.1, 0.15) is 11.9 Å². The van der Waals surface area contributed by atoms with Gasteiger partial charge in [0.25, 0.3) is 11.5 Å². The first kappa shape index (κ1) is 19.2. The molecule has 4 rings (SSSR count). The van der Waals surface area contributed by atoms with Gasteiger partial charge in [0, 0.05) is 17.9 Å². The van der Waals surface area contributed by atoms with Crippen LogP contribution >= 0.6 is 0 Å². The van der Waals surface area contributed by atoms with E-state index < -0.39 is 6.10 Å². The predicted molar refractivity (Wildman–Crippen MR) is 112 cm³/mol. The van der Waals surface area contributed by atoms with Crippen molar-refractivity contribution in [2.45, 2.75) is 32.4 Å². The summed E-state index contributed by atoms with van der Waals surface area (Å²) in [5, 5.41) is 0.943. The number of rotatable bonds is 5. The number of benzene rings is 2. The molecular formula is C23H24N2O4. The molecule has 0 radical (unpaired) electrons. The number of carbonyl (C=O) groups excluding carboxylic acids is 1. The molecule has 1 fully saturated rings. The Bertz CT molecular complexity index is 1080. The number of amides is 1. The molecule has 1 N–H and O–H groups in total. The van der Waals surface area contributed by atoms with Gasteiger partial charge in [0.15, 0.2) is 0 Å². The van der Waals surface area contributed by atoms with Crippen LogP contribution in [0.1, 0.15) is 24.0 Å². The Morgan fingerprint density at radius 2 is 2.03 bits per heavy atom. The lowest BCUT2D eigenvalue weighted by atomic mass is 10.1. The fraction of sp³-hybridized carbons (Fsp3) is 0.304. The SMILES string of the molecule is COc1ccc(N(Cc2cc3cccc(C)c3[nH]c2=O)C(=O)[C@H]2CCCO2)cc1. The molecule has 1 saturated heterocycles. The smallest absolute Gasteiger partial charge is 0.256 e. The fourth-order valence-electron chi connectivity index (χ4n) is 3.72. The van der Waals surface area contributed by atoms with Crippen LogP contribution in [0.5, 0.6) is 5.75 Å². The summed E-state index contributed by atoms with van der Waals surface area (Å²) in [6.07, 6.45) is 1.08. The number of pyridine rings is 1. The Morgan fingerprint density at radius 3 is 2.72 bits per heavy atom. The van der Waals surface area contributed by atoms with Crippen LogP contribution in [-0.2, 0) is 16.1 Å². The van der Waals surface area contributed by atoms with E-state index in [9.17, 15) is 9.59 Å². The summed E-state index contributed by atoms with van der Waals surface area (Å²) in [6, 6.07) is 15.0. The molecule has 2 aromatic carbocycles. The fourth-order valence-corrected chi connectivity index (χ4v) is 3.72. The van der Waals surface area contributed by atoms with Gasteiger partial charge < -0.3 is 19.4 Å². The molecule has 6 nitrogen and oxygen atoms in total. The van der Waals surface area contributed by atoms with Gasteiger partial charge in [-0.15, -0.1) is 0 Å². The monoisotopic (exact) mass is 392 g/mol. The van der Waals surface area contributed by atoms with Crippen molar-refractivity contribution in [1.29, 1.82) is 0 Å². The minimum absolute atomic E-state index is 0.128. The van der Waals surface area contributed by atoms with E-state index in [4.69, 9.17) is 9.47 Å². The van der Waals surface area contributed by atoms with E-state index in [1.54, 1.807) is 24.1 Å². The van der Waals surface area contributed by atoms with Crippen molar-refractivity contribution in [2.75, 3.05) is 18.6 Å². The van der Waals surface area contributed by atoms with Crippen molar-refractivity contribution in [1.82, 2.24) is 4.98 Å². The zero-order valence-corrected chi connectivity index (χ0v) is 16.6. The number of para-hydroxylation sites is 1. The molecule has 1 amide bonds. The number of H-pyrrole nitrogens is 1. The summed E-state index contributed by atoms with van der Waals surface area (Å²) >= 11 is 0. The number of hydrogen-bond donors (Lipinski definition) is 1. The summed E-state index contributed by atoms with van der Waals surface area (Å²) < 4.78 is 10.8. The summed E-state index contributed by atoms with van der Waals surface area (Å²) in [7, 11) is 1.60. The van der Waals surface area contributed by atoms with E-state index in [-0.39, 0.29) is 18.0 Å². The number of aryl methyl sites for hydroxylation is 1. The van der Waals surface area contributed by atoms with Gasteiger partial charge in [-0.2, -0.15) is 0 Å². The molecular weight excluding hydrogens is 368 g/mol. The van der Waals surface area contributed by atoms with Gasteiger partial charge in [-0.1, -0.05) is 18.2 Å². The molecule has 3 aromatic rings. The number of aromatic nitrogens is 1. The average molecular weight is 392 g/mol. The molecule has 29 heavy (non-hydrogen) atoms. The van der Waals surface area contributed by atoms with Crippen LogP contribution in [0, 0.1) is 6.92 Å². The third-order valence-corrected chi connectivity index (χ3v) is 5.35. The Hall–Kier alpha value is -3.12. The van der Waals surface area contributed by atoms with Crippen LogP contribution in [-0.4, -0.2) is 30.7 Å². The lowest BCUT2D eigenvalue weighted by Crippen LogP contribution is -2.39. The van der Waals surface area contributed by atoms with Crippen molar-refractivity contribution < 1.29 is 14.3 Å². The van der Waals surface area contributed by atoms with Crippen molar-refractivity contribution >= 4 is 22.5 Å². The van der Waals surface area contributed by atoms with E-state index >= 15 is 0 Å². The Morgan fingerprint density at radius 1 is 1.24 bits per heavy atom. The van der Waals surface area contributed by atoms with E-state index in [1.807, 2.05) is 43.3 Å². The topological polar surface area (TPSA) is 71.6 Å². The number of nitrogens with one attached hydrogen (secondary N) is 1. The van der Waals surface area contributed by atoms with E-state index in [2.05, 4.69) is 4.98 Å². The Labute approximate surface area is 169 Å². The molecule has 0 aliphatic carbocycles. The molecule has 0 spiro atoms. The number of fused-ring (bicyclic) bond motifs is 1. The number of ether oxygens (including phenoxy) is 2. The van der Waals surface area contributed by atoms with E-state index in [0.717, 1.165) is 22.9 Å². The van der Waals surface area contributed by atoms with Gasteiger partial charge >= 0.3 is 0 Å². The number of carbonyl (C=O) groups is 1. The second kappa shape index (κ2) is 8.09.